The van der Waals surface area contributed by atoms with Crippen molar-refractivity contribution in [1.29, 1.82) is 0 Å². The predicted molar refractivity (Wildman–Crippen MR) is 66.5 cm³/mol. The number of hydrogen-bond acceptors (Lipinski definition) is 3. The maximum absolute atomic E-state index is 9.67. The minimum atomic E-state index is -0.317. The number of nitrogens with one attached hydrogen (secondary N) is 1. The lowest BCUT2D eigenvalue weighted by Crippen LogP contribution is -2.32. The maximum Gasteiger partial charge on any atom is 0.129 e. The number of aromatic nitrogens is 1. The van der Waals surface area contributed by atoms with Gasteiger partial charge in [0.2, 0.25) is 0 Å². The number of aliphatic hydroxyl groups excluding tert-OH is 1. The Balaban J connectivity index is 2.46. The van der Waals surface area contributed by atoms with Crippen LogP contribution in [0.3, 0.4) is 0 Å². The van der Waals surface area contributed by atoms with Crippen LogP contribution in [0, 0.1) is 5.92 Å². The van der Waals surface area contributed by atoms with Crippen LogP contribution in [0.25, 0.3) is 0 Å². The van der Waals surface area contributed by atoms with Gasteiger partial charge in [0, 0.05) is 18.8 Å². The van der Waals surface area contributed by atoms with Crippen molar-refractivity contribution in [2.24, 2.45) is 5.92 Å². The minimum absolute atomic E-state index is 0.165. The molecule has 0 aliphatic carbocycles. The van der Waals surface area contributed by atoms with Crippen molar-refractivity contribution in [3.05, 3.63) is 29.0 Å². The van der Waals surface area contributed by atoms with Gasteiger partial charge in [-0.15, -0.1) is 0 Å². The van der Waals surface area contributed by atoms with Crippen LogP contribution in [0.15, 0.2) is 18.3 Å². The number of aliphatic hydroxyl groups is 1. The van der Waals surface area contributed by atoms with Gasteiger partial charge in [0.15, 0.2) is 0 Å². The molecule has 1 heterocycles. The van der Waals surface area contributed by atoms with E-state index in [4.69, 9.17) is 11.6 Å². The van der Waals surface area contributed by atoms with Crippen LogP contribution in [-0.4, -0.2) is 22.7 Å². The van der Waals surface area contributed by atoms with Crippen molar-refractivity contribution >= 4 is 11.6 Å². The molecule has 0 radical (unpaired) electrons. The molecule has 1 rings (SSSR count). The van der Waals surface area contributed by atoms with E-state index in [2.05, 4.69) is 10.3 Å². The lowest BCUT2D eigenvalue weighted by atomic mass is 10.1. The highest BCUT2D eigenvalue weighted by atomic mass is 35.5. The van der Waals surface area contributed by atoms with Crippen LogP contribution in [-0.2, 0) is 0 Å². The van der Waals surface area contributed by atoms with E-state index in [9.17, 15) is 5.11 Å². The van der Waals surface area contributed by atoms with Gasteiger partial charge in [-0.2, -0.15) is 0 Å². The van der Waals surface area contributed by atoms with Gasteiger partial charge in [0.1, 0.15) is 5.15 Å². The zero-order valence-electron chi connectivity index (χ0n) is 9.94. The summed E-state index contributed by atoms with van der Waals surface area (Å²) in [5.41, 5.74) is 1.07. The Kier molecular flexibility index (Phi) is 5.19. The normalized spacial score (nSPS) is 15.1. The molecule has 2 unspecified atom stereocenters. The van der Waals surface area contributed by atoms with Crippen LogP contribution in [0.2, 0.25) is 5.15 Å². The lowest BCUT2D eigenvalue weighted by molar-refractivity contribution is 0.120. The van der Waals surface area contributed by atoms with Gasteiger partial charge in [-0.25, -0.2) is 4.98 Å². The van der Waals surface area contributed by atoms with Crippen LogP contribution in [0.5, 0.6) is 0 Å². The van der Waals surface area contributed by atoms with Crippen molar-refractivity contribution in [2.45, 2.75) is 32.9 Å². The van der Waals surface area contributed by atoms with E-state index in [0.717, 1.165) is 5.56 Å². The molecule has 0 saturated carbocycles. The number of hydrogen-bond donors (Lipinski definition) is 2. The van der Waals surface area contributed by atoms with Gasteiger partial charge in [-0.05, 0) is 24.5 Å². The van der Waals surface area contributed by atoms with Crippen molar-refractivity contribution in [3.63, 3.8) is 0 Å². The number of pyridine rings is 1. The van der Waals surface area contributed by atoms with E-state index in [1.54, 1.807) is 12.3 Å². The Labute approximate surface area is 102 Å². The second kappa shape index (κ2) is 6.18. The van der Waals surface area contributed by atoms with E-state index >= 15 is 0 Å². The average Bonchev–Trinajstić information content (AvgIpc) is 2.26. The van der Waals surface area contributed by atoms with Crippen molar-refractivity contribution < 1.29 is 5.11 Å². The van der Waals surface area contributed by atoms with Crippen molar-refractivity contribution in [3.8, 4) is 0 Å². The Hall–Kier alpha value is -0.640. The average molecular weight is 243 g/mol. The van der Waals surface area contributed by atoms with Gasteiger partial charge in [0.05, 0.1) is 6.10 Å². The molecule has 0 aliphatic rings. The van der Waals surface area contributed by atoms with E-state index in [-0.39, 0.29) is 18.1 Å². The fourth-order valence-electron chi connectivity index (χ4n) is 1.29. The molecule has 0 aromatic carbocycles. The summed E-state index contributed by atoms with van der Waals surface area (Å²) in [7, 11) is 0. The fourth-order valence-corrected chi connectivity index (χ4v) is 1.41. The Bertz CT molecular complexity index is 313. The Morgan fingerprint density at radius 1 is 1.38 bits per heavy atom. The van der Waals surface area contributed by atoms with Gasteiger partial charge in [-0.1, -0.05) is 31.5 Å². The summed E-state index contributed by atoms with van der Waals surface area (Å²) >= 11 is 5.71. The highest BCUT2D eigenvalue weighted by Crippen LogP contribution is 2.13. The third kappa shape index (κ3) is 4.08. The standard InChI is InChI=1S/C12H19ClN2O/c1-8(2)11(16)7-14-9(3)10-4-5-12(13)15-6-10/h4-6,8-9,11,14,16H,7H2,1-3H3. The molecule has 0 saturated heterocycles. The molecule has 0 amide bonds. The van der Waals surface area contributed by atoms with Crippen LogP contribution >= 0.6 is 11.6 Å². The lowest BCUT2D eigenvalue weighted by Gasteiger charge is -2.19. The number of rotatable bonds is 5. The molecule has 16 heavy (non-hydrogen) atoms. The zero-order chi connectivity index (χ0) is 12.1. The third-order valence-corrected chi connectivity index (χ3v) is 2.88. The Morgan fingerprint density at radius 3 is 2.56 bits per heavy atom. The van der Waals surface area contributed by atoms with Crippen LogP contribution in [0.4, 0.5) is 0 Å². The molecule has 4 heteroatoms. The molecule has 0 aliphatic heterocycles. The largest absolute Gasteiger partial charge is 0.392 e. The van der Waals surface area contributed by atoms with E-state index in [1.807, 2.05) is 26.8 Å². The first-order chi connectivity index (χ1) is 7.50. The molecule has 2 atom stereocenters. The first-order valence-electron chi connectivity index (χ1n) is 5.53. The second-order valence-electron chi connectivity index (χ2n) is 4.36. The molecule has 1 aromatic heterocycles. The first-order valence-corrected chi connectivity index (χ1v) is 5.91. The minimum Gasteiger partial charge on any atom is -0.392 e. The number of nitrogens with zero attached hydrogens (tertiary/aromatic N) is 1. The highest BCUT2D eigenvalue weighted by Gasteiger charge is 2.11. The molecule has 2 N–H and O–H groups in total. The molecule has 0 bridgehead atoms. The van der Waals surface area contributed by atoms with Gasteiger partial charge >= 0.3 is 0 Å². The SMILES string of the molecule is CC(NCC(O)C(C)C)c1ccc(Cl)nc1. The van der Waals surface area contributed by atoms with Crippen LogP contribution in [0.1, 0.15) is 32.4 Å². The van der Waals surface area contributed by atoms with Crippen LogP contribution < -0.4 is 5.32 Å². The van der Waals surface area contributed by atoms with Gasteiger partial charge in [-0.3, -0.25) is 0 Å². The smallest absolute Gasteiger partial charge is 0.129 e. The predicted octanol–water partition coefficient (Wildman–Crippen LogP) is 2.40. The van der Waals surface area contributed by atoms with Gasteiger partial charge < -0.3 is 10.4 Å². The summed E-state index contributed by atoms with van der Waals surface area (Å²) in [5.74, 6) is 0.267. The summed E-state index contributed by atoms with van der Waals surface area (Å²) in [4.78, 5) is 4.03. The summed E-state index contributed by atoms with van der Waals surface area (Å²) in [6, 6.07) is 3.88. The topological polar surface area (TPSA) is 45.1 Å². The quantitative estimate of drug-likeness (QED) is 0.780. The molecule has 3 nitrogen and oxygen atoms in total. The fraction of sp³-hybridized carbons (Fsp3) is 0.583. The van der Waals surface area contributed by atoms with Crippen molar-refractivity contribution in [1.82, 2.24) is 10.3 Å². The summed E-state index contributed by atoms with van der Waals surface area (Å²) in [6.45, 7) is 6.63. The van der Waals surface area contributed by atoms with E-state index < -0.39 is 0 Å². The monoisotopic (exact) mass is 242 g/mol. The van der Waals surface area contributed by atoms with E-state index in [0.29, 0.717) is 11.7 Å². The van der Waals surface area contributed by atoms with Crippen molar-refractivity contribution in [2.75, 3.05) is 6.54 Å². The summed E-state index contributed by atoms with van der Waals surface area (Å²) in [5, 5.41) is 13.4. The summed E-state index contributed by atoms with van der Waals surface area (Å²) < 4.78 is 0. The van der Waals surface area contributed by atoms with E-state index in [1.165, 1.54) is 0 Å². The molecule has 0 fully saturated rings. The number of halogens is 1. The first kappa shape index (κ1) is 13.4. The molecule has 0 spiro atoms. The molecular weight excluding hydrogens is 224 g/mol. The highest BCUT2D eigenvalue weighted by molar-refractivity contribution is 6.29. The Morgan fingerprint density at radius 2 is 2.06 bits per heavy atom. The van der Waals surface area contributed by atoms with Gasteiger partial charge in [0.25, 0.3) is 0 Å². The summed E-state index contributed by atoms with van der Waals surface area (Å²) in [6.07, 6.45) is 1.43. The third-order valence-electron chi connectivity index (χ3n) is 2.65. The molecular formula is C12H19ClN2O. The zero-order valence-corrected chi connectivity index (χ0v) is 10.7. The second-order valence-corrected chi connectivity index (χ2v) is 4.74. The molecule has 1 aromatic rings. The maximum atomic E-state index is 9.67. The molecule has 90 valence electrons.